The van der Waals surface area contributed by atoms with Crippen LogP contribution in [0.25, 0.3) is 16.9 Å². The minimum absolute atomic E-state index is 0.113. The molecule has 0 spiro atoms. The first-order valence-electron chi connectivity index (χ1n) is 11.0. The van der Waals surface area contributed by atoms with Crippen molar-refractivity contribution in [1.29, 1.82) is 0 Å². The molecule has 0 unspecified atom stereocenters. The summed E-state index contributed by atoms with van der Waals surface area (Å²) in [5.41, 5.74) is 4.21. The predicted octanol–water partition coefficient (Wildman–Crippen LogP) is 6.02. The highest BCUT2D eigenvalue weighted by Gasteiger charge is 2.16. The Labute approximate surface area is 198 Å². The van der Waals surface area contributed by atoms with E-state index < -0.39 is 0 Å². The van der Waals surface area contributed by atoms with Crippen molar-refractivity contribution in [2.24, 2.45) is 0 Å². The topological polar surface area (TPSA) is 64.9 Å². The molecule has 170 valence electrons. The molecular weight excluding hydrogens is 438 g/mol. The largest absolute Gasteiger partial charge is 0.494 e. The highest BCUT2D eigenvalue weighted by Crippen LogP contribution is 2.30. The van der Waals surface area contributed by atoms with Crippen LogP contribution < -0.4 is 14.8 Å². The van der Waals surface area contributed by atoms with E-state index in [1.807, 2.05) is 79.0 Å². The van der Waals surface area contributed by atoms with Crippen molar-refractivity contribution in [1.82, 2.24) is 9.38 Å². The lowest BCUT2D eigenvalue weighted by molar-refractivity contribution is -0.116. The highest BCUT2D eigenvalue weighted by molar-refractivity contribution is 6.30. The van der Waals surface area contributed by atoms with Gasteiger partial charge in [-0.15, -0.1) is 0 Å². The van der Waals surface area contributed by atoms with Crippen LogP contribution >= 0.6 is 11.6 Å². The molecule has 0 aliphatic carbocycles. The molecule has 0 bridgehead atoms. The van der Waals surface area contributed by atoms with Crippen LogP contribution in [-0.4, -0.2) is 28.5 Å². The Hall–Kier alpha value is -3.51. The van der Waals surface area contributed by atoms with Crippen LogP contribution in [0, 0.1) is 0 Å². The van der Waals surface area contributed by atoms with Crippen molar-refractivity contribution in [3.63, 3.8) is 0 Å². The summed E-state index contributed by atoms with van der Waals surface area (Å²) < 4.78 is 13.3. The van der Waals surface area contributed by atoms with E-state index in [4.69, 9.17) is 26.1 Å². The molecule has 0 saturated heterocycles. The number of hydrogen-bond acceptors (Lipinski definition) is 4. The van der Waals surface area contributed by atoms with Gasteiger partial charge in [0.25, 0.3) is 0 Å². The highest BCUT2D eigenvalue weighted by atomic mass is 35.5. The van der Waals surface area contributed by atoms with Crippen LogP contribution in [0.4, 0.5) is 5.69 Å². The molecule has 2 aromatic carbocycles. The number of ether oxygens (including phenoxy) is 2. The van der Waals surface area contributed by atoms with Crippen molar-refractivity contribution in [3.8, 4) is 22.8 Å². The fourth-order valence-electron chi connectivity index (χ4n) is 3.71. The van der Waals surface area contributed by atoms with Gasteiger partial charge in [0, 0.05) is 29.3 Å². The van der Waals surface area contributed by atoms with Crippen LogP contribution in [0.1, 0.15) is 26.0 Å². The summed E-state index contributed by atoms with van der Waals surface area (Å²) >= 11 is 6.07. The number of carbonyl (C=O) groups is 1. The Morgan fingerprint density at radius 2 is 1.82 bits per heavy atom. The van der Waals surface area contributed by atoms with Gasteiger partial charge in [0.2, 0.25) is 5.91 Å². The van der Waals surface area contributed by atoms with E-state index in [1.54, 1.807) is 6.07 Å². The Morgan fingerprint density at radius 1 is 1.03 bits per heavy atom. The van der Waals surface area contributed by atoms with Gasteiger partial charge in [-0.25, -0.2) is 4.98 Å². The summed E-state index contributed by atoms with van der Waals surface area (Å²) in [6, 6.07) is 18.9. The second-order valence-electron chi connectivity index (χ2n) is 7.42. The summed E-state index contributed by atoms with van der Waals surface area (Å²) in [5.74, 6) is 1.19. The van der Waals surface area contributed by atoms with Gasteiger partial charge in [0.05, 0.1) is 30.3 Å². The van der Waals surface area contributed by atoms with E-state index >= 15 is 0 Å². The number of hydrogen-bond donors (Lipinski definition) is 1. The number of rotatable bonds is 9. The van der Waals surface area contributed by atoms with Gasteiger partial charge >= 0.3 is 0 Å². The molecule has 4 aromatic rings. The number of imidazole rings is 1. The second kappa shape index (κ2) is 10.4. The predicted molar refractivity (Wildman–Crippen MR) is 131 cm³/mol. The van der Waals surface area contributed by atoms with Gasteiger partial charge in [-0.1, -0.05) is 29.8 Å². The molecule has 6 nitrogen and oxygen atoms in total. The number of fused-ring (bicyclic) bond motifs is 1. The van der Waals surface area contributed by atoms with Gasteiger partial charge in [-0.2, -0.15) is 0 Å². The first kappa shape index (κ1) is 22.7. The number of aromatic nitrogens is 2. The Morgan fingerprint density at radius 3 is 2.58 bits per heavy atom. The molecule has 0 aliphatic heterocycles. The summed E-state index contributed by atoms with van der Waals surface area (Å²) in [4.78, 5) is 17.7. The lowest BCUT2D eigenvalue weighted by atomic mass is 10.1. The smallest absolute Gasteiger partial charge is 0.224 e. The fourth-order valence-corrected chi connectivity index (χ4v) is 3.84. The molecule has 0 atom stereocenters. The fraction of sp³-hybridized carbons (Fsp3) is 0.231. The zero-order valence-corrected chi connectivity index (χ0v) is 19.4. The molecule has 7 heteroatoms. The Kier molecular flexibility index (Phi) is 7.15. The monoisotopic (exact) mass is 463 g/mol. The van der Waals surface area contributed by atoms with E-state index in [9.17, 15) is 4.79 Å². The first-order valence-corrected chi connectivity index (χ1v) is 11.4. The average molecular weight is 464 g/mol. The van der Waals surface area contributed by atoms with Gasteiger partial charge in [0.1, 0.15) is 17.1 Å². The van der Waals surface area contributed by atoms with Crippen LogP contribution in [-0.2, 0) is 11.2 Å². The number of carbonyl (C=O) groups excluding carboxylic acids is 1. The summed E-state index contributed by atoms with van der Waals surface area (Å²) in [5, 5.41) is 3.65. The van der Waals surface area contributed by atoms with E-state index in [0.717, 1.165) is 22.6 Å². The second-order valence-corrected chi connectivity index (χ2v) is 7.85. The summed E-state index contributed by atoms with van der Waals surface area (Å²) in [6.07, 6.45) is 2.77. The van der Waals surface area contributed by atoms with Gasteiger partial charge in [-0.3, -0.25) is 4.79 Å². The summed E-state index contributed by atoms with van der Waals surface area (Å²) in [7, 11) is 0. The molecule has 1 amide bonds. The number of benzene rings is 2. The standard InChI is InChI=1S/C26H26ClN3O3/c1-3-32-20-12-14-23(33-4-2)21(17-20)28-25(31)15-13-22-26(18-8-10-19(27)11-9-18)29-24-7-5-6-16-30(22)24/h5-12,14,16-17H,3-4,13,15H2,1-2H3,(H,28,31). The Balaban J connectivity index is 1.56. The SMILES string of the molecule is CCOc1ccc(OCC)c(NC(=O)CCc2c(-c3ccc(Cl)cc3)nc3ccccn23)c1. The third-order valence-electron chi connectivity index (χ3n) is 5.17. The van der Waals surface area contributed by atoms with E-state index in [1.165, 1.54) is 0 Å². The minimum Gasteiger partial charge on any atom is -0.494 e. The van der Waals surface area contributed by atoms with Crippen molar-refractivity contribution in [2.75, 3.05) is 18.5 Å². The lowest BCUT2D eigenvalue weighted by Gasteiger charge is -2.14. The van der Waals surface area contributed by atoms with Crippen LogP contribution in [0.2, 0.25) is 5.02 Å². The van der Waals surface area contributed by atoms with Crippen molar-refractivity contribution in [2.45, 2.75) is 26.7 Å². The molecule has 2 heterocycles. The molecule has 0 radical (unpaired) electrons. The van der Waals surface area contributed by atoms with Gasteiger partial charge in [-0.05, 0) is 56.7 Å². The first-order chi connectivity index (χ1) is 16.1. The van der Waals surface area contributed by atoms with E-state index in [-0.39, 0.29) is 12.3 Å². The number of amides is 1. The summed E-state index contributed by atoms with van der Waals surface area (Å²) in [6.45, 7) is 4.88. The third-order valence-corrected chi connectivity index (χ3v) is 5.42. The number of pyridine rings is 1. The maximum Gasteiger partial charge on any atom is 0.224 e. The zero-order chi connectivity index (χ0) is 23.2. The number of nitrogens with zero attached hydrogens (tertiary/aromatic N) is 2. The number of halogens is 1. The molecule has 0 aliphatic rings. The van der Waals surface area contributed by atoms with Crippen molar-refractivity contribution < 1.29 is 14.3 Å². The molecule has 33 heavy (non-hydrogen) atoms. The maximum absolute atomic E-state index is 12.9. The zero-order valence-electron chi connectivity index (χ0n) is 18.7. The maximum atomic E-state index is 12.9. The van der Waals surface area contributed by atoms with Crippen LogP contribution in [0.5, 0.6) is 11.5 Å². The molecular formula is C26H26ClN3O3. The number of aryl methyl sites for hydroxylation is 1. The molecule has 0 fully saturated rings. The average Bonchev–Trinajstić information content (AvgIpc) is 3.19. The Bertz CT molecular complexity index is 1250. The number of anilines is 1. The third kappa shape index (κ3) is 5.29. The van der Waals surface area contributed by atoms with Crippen molar-refractivity contribution >= 4 is 28.8 Å². The van der Waals surface area contributed by atoms with Gasteiger partial charge < -0.3 is 19.2 Å². The molecule has 0 saturated carbocycles. The molecule has 2 aromatic heterocycles. The van der Waals surface area contributed by atoms with Crippen LogP contribution in [0.3, 0.4) is 0 Å². The van der Waals surface area contributed by atoms with Crippen LogP contribution in [0.15, 0.2) is 66.9 Å². The molecule has 4 rings (SSSR count). The number of nitrogens with one attached hydrogen (secondary N) is 1. The normalized spacial score (nSPS) is 10.9. The van der Waals surface area contributed by atoms with Gasteiger partial charge in [0.15, 0.2) is 0 Å². The van der Waals surface area contributed by atoms with E-state index in [2.05, 4.69) is 5.32 Å². The quantitative estimate of drug-likeness (QED) is 0.329. The lowest BCUT2D eigenvalue weighted by Crippen LogP contribution is -2.14. The minimum atomic E-state index is -0.113. The molecule has 1 N–H and O–H groups in total. The van der Waals surface area contributed by atoms with Crippen molar-refractivity contribution in [3.05, 3.63) is 77.6 Å². The van der Waals surface area contributed by atoms with E-state index in [0.29, 0.717) is 41.8 Å².